The SMILES string of the molecule is Cc1nc(C)c(C(C)C)c(N2CCN(C(=O)c3ccccc3Cl)CC2)n1. The highest BCUT2D eigenvalue weighted by Gasteiger charge is 2.26. The molecule has 0 N–H and O–H groups in total. The Balaban J connectivity index is 1.77. The lowest BCUT2D eigenvalue weighted by Gasteiger charge is -2.37. The minimum absolute atomic E-state index is 0.00520. The number of anilines is 1. The molecule has 1 amide bonds. The van der Waals surface area contributed by atoms with Crippen LogP contribution in [0.3, 0.4) is 0 Å². The number of carbonyl (C=O) groups excluding carboxylic acids is 1. The Morgan fingerprint density at radius 1 is 1.08 bits per heavy atom. The predicted octanol–water partition coefficient (Wildman–Crippen LogP) is 3.83. The van der Waals surface area contributed by atoms with Crippen molar-refractivity contribution in [2.24, 2.45) is 0 Å². The fourth-order valence-corrected chi connectivity index (χ4v) is 3.76. The first kappa shape index (κ1) is 18.6. The maximum atomic E-state index is 12.7. The van der Waals surface area contributed by atoms with Gasteiger partial charge in [0.1, 0.15) is 11.6 Å². The first-order valence-corrected chi connectivity index (χ1v) is 9.40. The standard InChI is InChI=1S/C20H25ClN4O/c1-13(2)18-14(3)22-15(4)23-19(18)24-9-11-25(12-10-24)20(26)16-7-5-6-8-17(16)21/h5-8,13H,9-12H2,1-4H3. The quantitative estimate of drug-likeness (QED) is 0.821. The summed E-state index contributed by atoms with van der Waals surface area (Å²) in [6, 6.07) is 7.22. The second kappa shape index (κ2) is 7.62. The molecule has 0 atom stereocenters. The van der Waals surface area contributed by atoms with E-state index in [9.17, 15) is 4.79 Å². The van der Waals surface area contributed by atoms with E-state index in [0.29, 0.717) is 29.6 Å². The minimum Gasteiger partial charge on any atom is -0.353 e. The molecule has 2 heterocycles. The number of rotatable bonds is 3. The minimum atomic E-state index is -0.00520. The van der Waals surface area contributed by atoms with Crippen LogP contribution in [0.4, 0.5) is 5.82 Å². The van der Waals surface area contributed by atoms with Gasteiger partial charge in [-0.25, -0.2) is 9.97 Å². The zero-order valence-electron chi connectivity index (χ0n) is 15.8. The molecule has 3 rings (SSSR count). The molecule has 0 radical (unpaired) electrons. The molecular weight excluding hydrogens is 348 g/mol. The van der Waals surface area contributed by atoms with Gasteiger partial charge in [-0.2, -0.15) is 0 Å². The highest BCUT2D eigenvalue weighted by molar-refractivity contribution is 6.33. The topological polar surface area (TPSA) is 49.3 Å². The van der Waals surface area contributed by atoms with E-state index in [1.165, 1.54) is 5.56 Å². The fourth-order valence-electron chi connectivity index (χ4n) is 3.55. The van der Waals surface area contributed by atoms with Crippen LogP contribution >= 0.6 is 11.6 Å². The maximum absolute atomic E-state index is 12.7. The number of halogens is 1. The van der Waals surface area contributed by atoms with E-state index in [0.717, 1.165) is 30.4 Å². The highest BCUT2D eigenvalue weighted by atomic mass is 35.5. The summed E-state index contributed by atoms with van der Waals surface area (Å²) in [4.78, 5) is 26.1. The summed E-state index contributed by atoms with van der Waals surface area (Å²) in [6.45, 7) is 11.1. The fraction of sp³-hybridized carbons (Fsp3) is 0.450. The monoisotopic (exact) mass is 372 g/mol. The van der Waals surface area contributed by atoms with Crippen molar-refractivity contribution >= 4 is 23.3 Å². The molecule has 6 heteroatoms. The van der Waals surface area contributed by atoms with Crippen molar-refractivity contribution in [2.45, 2.75) is 33.6 Å². The van der Waals surface area contributed by atoms with Gasteiger partial charge >= 0.3 is 0 Å². The Hall–Kier alpha value is -2.14. The number of amides is 1. The molecule has 0 aliphatic carbocycles. The van der Waals surface area contributed by atoms with E-state index in [1.54, 1.807) is 12.1 Å². The Kier molecular flexibility index (Phi) is 5.47. The average molecular weight is 373 g/mol. The zero-order valence-corrected chi connectivity index (χ0v) is 16.5. The number of hydrogen-bond donors (Lipinski definition) is 0. The Morgan fingerprint density at radius 2 is 1.73 bits per heavy atom. The van der Waals surface area contributed by atoms with Crippen LogP contribution in [0, 0.1) is 13.8 Å². The van der Waals surface area contributed by atoms with Gasteiger partial charge in [0, 0.05) is 37.4 Å². The molecule has 1 aliphatic heterocycles. The summed E-state index contributed by atoms with van der Waals surface area (Å²) in [6.07, 6.45) is 0. The van der Waals surface area contributed by atoms with E-state index in [1.807, 2.05) is 30.9 Å². The van der Waals surface area contributed by atoms with Crippen LogP contribution in [0.1, 0.15) is 47.2 Å². The van der Waals surface area contributed by atoms with Crippen molar-refractivity contribution in [3.05, 3.63) is 51.9 Å². The lowest BCUT2D eigenvalue weighted by Crippen LogP contribution is -2.49. The number of hydrogen-bond acceptors (Lipinski definition) is 4. The van der Waals surface area contributed by atoms with Gasteiger partial charge < -0.3 is 9.80 Å². The van der Waals surface area contributed by atoms with Gasteiger partial charge in [-0.1, -0.05) is 37.6 Å². The van der Waals surface area contributed by atoms with Crippen molar-refractivity contribution in [1.29, 1.82) is 0 Å². The number of aromatic nitrogens is 2. The second-order valence-corrected chi connectivity index (χ2v) is 7.41. The van der Waals surface area contributed by atoms with Crippen LogP contribution in [0.15, 0.2) is 24.3 Å². The van der Waals surface area contributed by atoms with E-state index in [-0.39, 0.29) is 5.91 Å². The molecule has 0 unspecified atom stereocenters. The van der Waals surface area contributed by atoms with Crippen molar-refractivity contribution in [1.82, 2.24) is 14.9 Å². The Bertz CT molecular complexity index is 813. The summed E-state index contributed by atoms with van der Waals surface area (Å²) >= 11 is 6.18. The second-order valence-electron chi connectivity index (χ2n) is 7.01. The van der Waals surface area contributed by atoms with Crippen LogP contribution in [0.5, 0.6) is 0 Å². The Morgan fingerprint density at radius 3 is 2.35 bits per heavy atom. The molecule has 1 aromatic heterocycles. The first-order chi connectivity index (χ1) is 12.4. The molecule has 1 aliphatic rings. The number of aryl methyl sites for hydroxylation is 2. The van der Waals surface area contributed by atoms with Crippen LogP contribution < -0.4 is 4.90 Å². The van der Waals surface area contributed by atoms with Gasteiger partial charge in [0.15, 0.2) is 0 Å². The lowest BCUT2D eigenvalue weighted by atomic mass is 10.0. The van der Waals surface area contributed by atoms with Crippen molar-refractivity contribution in [2.75, 3.05) is 31.1 Å². The highest BCUT2D eigenvalue weighted by Crippen LogP contribution is 2.29. The molecule has 2 aromatic rings. The summed E-state index contributed by atoms with van der Waals surface area (Å²) in [5, 5.41) is 0.504. The van der Waals surface area contributed by atoms with Gasteiger partial charge in [-0.15, -0.1) is 0 Å². The summed E-state index contributed by atoms with van der Waals surface area (Å²) in [5.74, 6) is 2.15. The smallest absolute Gasteiger partial charge is 0.255 e. The molecule has 0 spiro atoms. The van der Waals surface area contributed by atoms with Crippen LogP contribution in [0.25, 0.3) is 0 Å². The summed E-state index contributed by atoms with van der Waals surface area (Å²) < 4.78 is 0. The van der Waals surface area contributed by atoms with E-state index in [2.05, 4.69) is 23.7 Å². The normalized spacial score (nSPS) is 14.8. The van der Waals surface area contributed by atoms with Crippen LogP contribution in [-0.2, 0) is 0 Å². The van der Waals surface area contributed by atoms with Crippen molar-refractivity contribution in [3.8, 4) is 0 Å². The van der Waals surface area contributed by atoms with Crippen LogP contribution in [-0.4, -0.2) is 47.0 Å². The first-order valence-electron chi connectivity index (χ1n) is 9.02. The molecule has 1 saturated heterocycles. The predicted molar refractivity (Wildman–Crippen MR) is 105 cm³/mol. The molecule has 0 bridgehead atoms. The molecular formula is C20H25ClN4O. The molecule has 1 aromatic carbocycles. The Labute approximate surface area is 160 Å². The van der Waals surface area contributed by atoms with E-state index >= 15 is 0 Å². The van der Waals surface area contributed by atoms with Gasteiger partial charge in [0.05, 0.1) is 10.6 Å². The number of carbonyl (C=O) groups is 1. The lowest BCUT2D eigenvalue weighted by molar-refractivity contribution is 0.0746. The van der Waals surface area contributed by atoms with Gasteiger partial charge in [-0.3, -0.25) is 4.79 Å². The molecule has 0 saturated carbocycles. The van der Waals surface area contributed by atoms with Gasteiger partial charge in [-0.05, 0) is 31.9 Å². The third kappa shape index (κ3) is 3.68. The summed E-state index contributed by atoms with van der Waals surface area (Å²) in [7, 11) is 0. The van der Waals surface area contributed by atoms with Gasteiger partial charge in [0.25, 0.3) is 5.91 Å². The third-order valence-corrected chi connectivity index (χ3v) is 5.11. The summed E-state index contributed by atoms with van der Waals surface area (Å²) in [5.41, 5.74) is 2.80. The largest absolute Gasteiger partial charge is 0.353 e. The zero-order chi connectivity index (χ0) is 18.8. The van der Waals surface area contributed by atoms with Crippen molar-refractivity contribution in [3.63, 3.8) is 0 Å². The third-order valence-electron chi connectivity index (χ3n) is 4.78. The van der Waals surface area contributed by atoms with E-state index < -0.39 is 0 Å². The number of benzene rings is 1. The van der Waals surface area contributed by atoms with E-state index in [4.69, 9.17) is 16.6 Å². The van der Waals surface area contributed by atoms with Crippen molar-refractivity contribution < 1.29 is 4.79 Å². The number of nitrogens with zero attached hydrogens (tertiary/aromatic N) is 4. The molecule has 5 nitrogen and oxygen atoms in total. The van der Waals surface area contributed by atoms with Gasteiger partial charge in [0.2, 0.25) is 0 Å². The average Bonchev–Trinajstić information content (AvgIpc) is 2.60. The molecule has 26 heavy (non-hydrogen) atoms. The molecule has 1 fully saturated rings. The van der Waals surface area contributed by atoms with Crippen LogP contribution in [0.2, 0.25) is 5.02 Å². The number of piperazine rings is 1. The molecule has 138 valence electrons. The maximum Gasteiger partial charge on any atom is 0.255 e.